The molecule has 1 aliphatic rings. The van der Waals surface area contributed by atoms with Gasteiger partial charge in [0.2, 0.25) is 0 Å². The summed E-state index contributed by atoms with van der Waals surface area (Å²) in [6.07, 6.45) is 4.35. The molecule has 0 bridgehead atoms. The van der Waals surface area contributed by atoms with Crippen LogP contribution in [0.3, 0.4) is 0 Å². The Balaban J connectivity index is 2.17. The van der Waals surface area contributed by atoms with Crippen LogP contribution < -0.4 is 5.73 Å². The third-order valence-corrected chi connectivity index (χ3v) is 3.54. The molecule has 1 aromatic heterocycles. The van der Waals surface area contributed by atoms with Crippen molar-refractivity contribution in [3.8, 4) is 0 Å². The van der Waals surface area contributed by atoms with E-state index in [1.54, 1.807) is 0 Å². The summed E-state index contributed by atoms with van der Waals surface area (Å²) in [5.41, 5.74) is 7.20. The number of aromatic nitrogens is 2. The van der Waals surface area contributed by atoms with Gasteiger partial charge in [0.05, 0.1) is 30.3 Å². The molecule has 5 heteroatoms. The molecule has 2 heterocycles. The van der Waals surface area contributed by atoms with E-state index in [4.69, 9.17) is 10.5 Å². The van der Waals surface area contributed by atoms with Crippen LogP contribution in [-0.4, -0.2) is 46.3 Å². The lowest BCUT2D eigenvalue weighted by molar-refractivity contribution is -0.0806. The van der Waals surface area contributed by atoms with Gasteiger partial charge in [-0.25, -0.2) is 4.98 Å². The monoisotopic (exact) mass is 252 g/mol. The highest BCUT2D eigenvalue weighted by Gasteiger charge is 2.29. The van der Waals surface area contributed by atoms with Crippen molar-refractivity contribution in [3.63, 3.8) is 0 Å². The summed E-state index contributed by atoms with van der Waals surface area (Å²) in [5, 5.41) is 0. The fraction of sp³-hybridized carbons (Fsp3) is 0.769. The van der Waals surface area contributed by atoms with Crippen LogP contribution in [0, 0.1) is 0 Å². The Bertz CT molecular complexity index is 369. The zero-order valence-corrected chi connectivity index (χ0v) is 11.5. The molecule has 0 aromatic carbocycles. The Labute approximate surface area is 109 Å². The molecule has 2 N–H and O–H groups in total. The maximum absolute atomic E-state index is 5.99. The Morgan fingerprint density at radius 3 is 2.67 bits per heavy atom. The number of rotatable bonds is 4. The van der Waals surface area contributed by atoms with E-state index in [1.807, 2.05) is 12.5 Å². The molecule has 0 saturated carbocycles. The Kier molecular flexibility index (Phi) is 4.37. The van der Waals surface area contributed by atoms with E-state index in [0.29, 0.717) is 6.54 Å². The molecule has 1 fully saturated rings. The molecule has 102 valence electrons. The van der Waals surface area contributed by atoms with E-state index in [2.05, 4.69) is 35.2 Å². The molecule has 0 spiro atoms. The fourth-order valence-corrected chi connectivity index (χ4v) is 2.80. The first kappa shape index (κ1) is 13.5. The highest BCUT2D eigenvalue weighted by molar-refractivity contribution is 5.07. The van der Waals surface area contributed by atoms with Crippen LogP contribution in [0.4, 0.5) is 0 Å². The van der Waals surface area contributed by atoms with E-state index < -0.39 is 0 Å². The maximum Gasteiger partial charge on any atom is 0.0948 e. The minimum Gasteiger partial charge on any atom is -0.373 e. The maximum atomic E-state index is 5.99. The summed E-state index contributed by atoms with van der Waals surface area (Å²) in [7, 11) is 0. The van der Waals surface area contributed by atoms with E-state index in [0.717, 1.165) is 19.6 Å². The van der Waals surface area contributed by atoms with E-state index >= 15 is 0 Å². The van der Waals surface area contributed by atoms with Crippen molar-refractivity contribution in [2.45, 2.75) is 45.6 Å². The summed E-state index contributed by atoms with van der Waals surface area (Å²) in [6, 6.07) is 0.237. The Morgan fingerprint density at radius 2 is 2.11 bits per heavy atom. The standard InChI is InChI=1S/C13H24N4O/c1-4-16-9-15-6-13(16)12(5-14)17-7-10(2)18-11(3)8-17/h6,9-12H,4-5,7-8,14H2,1-3H3/t10-,11+,12?. The van der Waals surface area contributed by atoms with Gasteiger partial charge in [0, 0.05) is 32.4 Å². The van der Waals surface area contributed by atoms with Gasteiger partial charge in [0.1, 0.15) is 0 Å². The predicted octanol–water partition coefficient (Wildman–Crippen LogP) is 1.01. The summed E-state index contributed by atoms with van der Waals surface area (Å²) >= 11 is 0. The molecular weight excluding hydrogens is 228 g/mol. The average molecular weight is 252 g/mol. The van der Waals surface area contributed by atoms with E-state index in [1.165, 1.54) is 5.69 Å². The third-order valence-electron chi connectivity index (χ3n) is 3.54. The number of morpholine rings is 1. The number of hydrogen-bond acceptors (Lipinski definition) is 4. The van der Waals surface area contributed by atoms with Crippen molar-refractivity contribution in [1.29, 1.82) is 0 Å². The second kappa shape index (κ2) is 5.82. The largest absolute Gasteiger partial charge is 0.373 e. The van der Waals surface area contributed by atoms with Gasteiger partial charge >= 0.3 is 0 Å². The molecule has 5 nitrogen and oxygen atoms in total. The summed E-state index contributed by atoms with van der Waals surface area (Å²) < 4.78 is 7.95. The van der Waals surface area contributed by atoms with Crippen molar-refractivity contribution in [3.05, 3.63) is 18.2 Å². The predicted molar refractivity (Wildman–Crippen MR) is 71.3 cm³/mol. The molecule has 1 aliphatic heterocycles. The first-order valence-corrected chi connectivity index (χ1v) is 6.75. The van der Waals surface area contributed by atoms with Crippen LogP contribution in [0.5, 0.6) is 0 Å². The van der Waals surface area contributed by atoms with E-state index in [9.17, 15) is 0 Å². The first-order valence-electron chi connectivity index (χ1n) is 6.75. The lowest BCUT2D eigenvalue weighted by Gasteiger charge is -2.39. The SMILES string of the molecule is CCn1cncc1C(CN)N1C[C@@H](C)O[C@@H](C)C1. The summed E-state index contributed by atoms with van der Waals surface area (Å²) in [6.45, 7) is 9.78. The molecule has 0 radical (unpaired) electrons. The van der Waals surface area contributed by atoms with Crippen LogP contribution in [0.1, 0.15) is 32.5 Å². The Morgan fingerprint density at radius 1 is 1.44 bits per heavy atom. The van der Waals surface area contributed by atoms with Gasteiger partial charge < -0.3 is 15.0 Å². The van der Waals surface area contributed by atoms with Gasteiger partial charge in [0.25, 0.3) is 0 Å². The van der Waals surface area contributed by atoms with Crippen molar-refractivity contribution in [2.75, 3.05) is 19.6 Å². The normalized spacial score (nSPS) is 27.3. The van der Waals surface area contributed by atoms with Crippen molar-refractivity contribution < 1.29 is 4.74 Å². The molecule has 1 unspecified atom stereocenters. The van der Waals surface area contributed by atoms with Gasteiger partial charge in [-0.15, -0.1) is 0 Å². The number of nitrogens with zero attached hydrogens (tertiary/aromatic N) is 3. The number of aryl methyl sites for hydroxylation is 1. The number of nitrogens with two attached hydrogens (primary N) is 1. The second-order valence-corrected chi connectivity index (χ2v) is 5.07. The molecule has 1 aromatic rings. The molecular formula is C13H24N4O. The zero-order valence-electron chi connectivity index (χ0n) is 11.5. The van der Waals surface area contributed by atoms with Crippen LogP contribution in [0.15, 0.2) is 12.5 Å². The third kappa shape index (κ3) is 2.74. The van der Waals surface area contributed by atoms with Crippen LogP contribution in [0.2, 0.25) is 0 Å². The first-order chi connectivity index (χ1) is 8.65. The average Bonchev–Trinajstić information content (AvgIpc) is 2.77. The lowest BCUT2D eigenvalue weighted by Crippen LogP contribution is -2.48. The lowest BCUT2D eigenvalue weighted by atomic mass is 10.1. The number of hydrogen-bond donors (Lipinski definition) is 1. The molecule has 2 rings (SSSR count). The topological polar surface area (TPSA) is 56.3 Å². The van der Waals surface area contributed by atoms with Crippen molar-refractivity contribution in [1.82, 2.24) is 14.5 Å². The minimum absolute atomic E-state index is 0.237. The van der Waals surface area contributed by atoms with Gasteiger partial charge in [-0.1, -0.05) is 0 Å². The van der Waals surface area contributed by atoms with Crippen LogP contribution in [0.25, 0.3) is 0 Å². The van der Waals surface area contributed by atoms with E-state index in [-0.39, 0.29) is 18.2 Å². The van der Waals surface area contributed by atoms with Crippen molar-refractivity contribution in [2.24, 2.45) is 5.73 Å². The van der Waals surface area contributed by atoms with Crippen LogP contribution in [-0.2, 0) is 11.3 Å². The molecule has 1 saturated heterocycles. The number of imidazole rings is 1. The van der Waals surface area contributed by atoms with Crippen molar-refractivity contribution >= 4 is 0 Å². The second-order valence-electron chi connectivity index (χ2n) is 5.07. The van der Waals surface area contributed by atoms with Crippen LogP contribution >= 0.6 is 0 Å². The summed E-state index contributed by atoms with van der Waals surface area (Å²) in [4.78, 5) is 6.66. The van der Waals surface area contributed by atoms with Gasteiger partial charge in [0.15, 0.2) is 0 Å². The van der Waals surface area contributed by atoms with Gasteiger partial charge in [-0.05, 0) is 20.8 Å². The minimum atomic E-state index is 0.237. The van der Waals surface area contributed by atoms with Gasteiger partial charge in [-0.3, -0.25) is 4.90 Å². The van der Waals surface area contributed by atoms with Gasteiger partial charge in [-0.2, -0.15) is 0 Å². The highest BCUT2D eigenvalue weighted by Crippen LogP contribution is 2.23. The molecule has 3 atom stereocenters. The fourth-order valence-electron chi connectivity index (χ4n) is 2.80. The molecule has 0 amide bonds. The smallest absolute Gasteiger partial charge is 0.0948 e. The quantitative estimate of drug-likeness (QED) is 0.869. The molecule has 18 heavy (non-hydrogen) atoms. The highest BCUT2D eigenvalue weighted by atomic mass is 16.5. The summed E-state index contributed by atoms with van der Waals surface area (Å²) in [5.74, 6) is 0. The molecule has 0 aliphatic carbocycles. The number of ether oxygens (including phenoxy) is 1. The Hall–Kier alpha value is -0.910. The zero-order chi connectivity index (χ0) is 13.1.